The van der Waals surface area contributed by atoms with Crippen molar-refractivity contribution in [2.75, 3.05) is 18.9 Å². The molecule has 0 saturated heterocycles. The molecule has 1 fully saturated rings. The lowest BCUT2D eigenvalue weighted by Gasteiger charge is -2.33. The highest BCUT2D eigenvalue weighted by Gasteiger charge is 2.23. The molecule has 6 heteroatoms. The Labute approximate surface area is 135 Å². The summed E-state index contributed by atoms with van der Waals surface area (Å²) in [5, 5.41) is 2.66. The van der Waals surface area contributed by atoms with Crippen molar-refractivity contribution in [3.8, 4) is 5.75 Å². The number of amides is 1. The van der Waals surface area contributed by atoms with Crippen LogP contribution in [-0.2, 0) is 4.79 Å². The molecular weight excluding hydrogens is 302 g/mol. The third-order valence-corrected chi connectivity index (χ3v) is 4.38. The van der Waals surface area contributed by atoms with E-state index in [1.54, 1.807) is 18.2 Å². The maximum absolute atomic E-state index is 12.4. The van der Waals surface area contributed by atoms with Gasteiger partial charge in [-0.3, -0.25) is 9.69 Å². The molecule has 1 aliphatic carbocycles. The van der Waals surface area contributed by atoms with Crippen LogP contribution in [0.3, 0.4) is 0 Å². The highest BCUT2D eigenvalue weighted by atomic mass is 19.3. The van der Waals surface area contributed by atoms with Crippen LogP contribution in [0.25, 0.3) is 0 Å². The Morgan fingerprint density at radius 2 is 1.96 bits per heavy atom. The van der Waals surface area contributed by atoms with E-state index in [2.05, 4.69) is 17.0 Å². The zero-order valence-electron chi connectivity index (χ0n) is 13.6. The molecule has 0 spiro atoms. The van der Waals surface area contributed by atoms with E-state index in [1.807, 2.05) is 11.9 Å². The zero-order valence-corrected chi connectivity index (χ0v) is 13.6. The number of benzene rings is 1. The number of hydrogen-bond acceptors (Lipinski definition) is 3. The average Bonchev–Trinajstić information content (AvgIpc) is 2.49. The van der Waals surface area contributed by atoms with E-state index in [4.69, 9.17) is 0 Å². The summed E-state index contributed by atoms with van der Waals surface area (Å²) in [6.45, 7) is -0.426. The molecule has 128 valence electrons. The van der Waals surface area contributed by atoms with Crippen molar-refractivity contribution in [1.82, 2.24) is 4.90 Å². The molecule has 1 aromatic rings. The summed E-state index contributed by atoms with van der Waals surface area (Å²) >= 11 is 0. The van der Waals surface area contributed by atoms with Crippen LogP contribution in [0.2, 0.25) is 0 Å². The third-order valence-electron chi connectivity index (χ3n) is 4.38. The Bertz CT molecular complexity index is 517. The van der Waals surface area contributed by atoms with E-state index in [9.17, 15) is 13.6 Å². The highest BCUT2D eigenvalue weighted by molar-refractivity contribution is 5.93. The van der Waals surface area contributed by atoms with Gasteiger partial charge in [-0.05, 0) is 50.8 Å². The molecule has 0 radical (unpaired) electrons. The number of nitrogens with one attached hydrogen (secondary N) is 1. The van der Waals surface area contributed by atoms with Crippen LogP contribution < -0.4 is 10.1 Å². The predicted molar refractivity (Wildman–Crippen MR) is 85.8 cm³/mol. The first-order valence-corrected chi connectivity index (χ1v) is 7.99. The van der Waals surface area contributed by atoms with Gasteiger partial charge >= 0.3 is 6.61 Å². The van der Waals surface area contributed by atoms with Crippen molar-refractivity contribution < 1.29 is 18.3 Å². The summed E-state index contributed by atoms with van der Waals surface area (Å²) in [7, 11) is 1.93. The highest BCUT2D eigenvalue weighted by Crippen LogP contribution is 2.27. The molecule has 1 aliphatic rings. The number of alkyl halides is 2. The molecule has 0 atom stereocenters. The summed E-state index contributed by atoms with van der Waals surface area (Å²) in [4.78, 5) is 14.2. The molecule has 0 aromatic heterocycles. The van der Waals surface area contributed by atoms with E-state index >= 15 is 0 Å². The van der Waals surface area contributed by atoms with Crippen molar-refractivity contribution in [1.29, 1.82) is 0 Å². The molecule has 0 unspecified atom stereocenters. The molecule has 4 nitrogen and oxygen atoms in total. The number of nitrogens with zero attached hydrogens (tertiary/aromatic N) is 1. The largest absolute Gasteiger partial charge is 0.433 e. The third kappa shape index (κ3) is 5.46. The first-order valence-electron chi connectivity index (χ1n) is 7.99. The Morgan fingerprint density at radius 1 is 1.30 bits per heavy atom. The summed E-state index contributed by atoms with van der Waals surface area (Å²) in [5.74, 6) is 0.508. The normalized spacial score (nSPS) is 21.5. The Balaban J connectivity index is 1.89. The second-order valence-corrected chi connectivity index (χ2v) is 6.25. The number of rotatable bonds is 6. The molecule has 1 aromatic carbocycles. The summed E-state index contributed by atoms with van der Waals surface area (Å²) in [5.41, 5.74) is 0.267. The van der Waals surface area contributed by atoms with Crippen molar-refractivity contribution >= 4 is 11.6 Å². The smallest absolute Gasteiger partial charge is 0.387 e. The standard InChI is InChI=1S/C17H24F2N2O2/c1-12-7-9-13(10-8-12)21(2)11-16(22)20-14-5-3-4-6-15(14)23-17(18)19/h3-6,12-13,17H,7-11H2,1-2H3,(H,20,22). The number of carbonyl (C=O) groups excluding carboxylic acids is 1. The number of anilines is 1. The van der Waals surface area contributed by atoms with Crippen molar-refractivity contribution in [3.63, 3.8) is 0 Å². The summed E-state index contributed by atoms with van der Waals surface area (Å²) < 4.78 is 29.2. The van der Waals surface area contributed by atoms with Crippen LogP contribution in [0.4, 0.5) is 14.5 Å². The van der Waals surface area contributed by atoms with Crippen LogP contribution in [0, 0.1) is 5.92 Å². The van der Waals surface area contributed by atoms with Crippen LogP contribution in [-0.4, -0.2) is 37.1 Å². The minimum absolute atomic E-state index is 0.0232. The van der Waals surface area contributed by atoms with Gasteiger partial charge in [0, 0.05) is 6.04 Å². The lowest BCUT2D eigenvalue weighted by atomic mass is 9.87. The van der Waals surface area contributed by atoms with Gasteiger partial charge in [0.25, 0.3) is 0 Å². The van der Waals surface area contributed by atoms with E-state index in [0.717, 1.165) is 18.8 Å². The Hall–Kier alpha value is -1.69. The number of para-hydroxylation sites is 2. The van der Waals surface area contributed by atoms with E-state index < -0.39 is 6.61 Å². The molecule has 1 saturated carbocycles. The number of carbonyl (C=O) groups is 1. The molecule has 1 N–H and O–H groups in total. The van der Waals surface area contributed by atoms with Crippen molar-refractivity contribution in [2.45, 2.75) is 45.3 Å². The van der Waals surface area contributed by atoms with Gasteiger partial charge in [-0.15, -0.1) is 0 Å². The fraction of sp³-hybridized carbons (Fsp3) is 0.588. The molecule has 0 aliphatic heterocycles. The fourth-order valence-electron chi connectivity index (χ4n) is 3.00. The minimum Gasteiger partial charge on any atom is -0.433 e. The van der Waals surface area contributed by atoms with Gasteiger partial charge in [0.1, 0.15) is 5.75 Å². The molecule has 23 heavy (non-hydrogen) atoms. The predicted octanol–water partition coefficient (Wildman–Crippen LogP) is 3.74. The fourth-order valence-corrected chi connectivity index (χ4v) is 3.00. The van der Waals surface area contributed by atoms with Gasteiger partial charge in [-0.2, -0.15) is 8.78 Å². The van der Waals surface area contributed by atoms with Gasteiger partial charge in [0.05, 0.1) is 12.2 Å². The first-order chi connectivity index (χ1) is 11.0. The number of hydrogen-bond donors (Lipinski definition) is 1. The number of ether oxygens (including phenoxy) is 1. The summed E-state index contributed by atoms with van der Waals surface area (Å²) in [6.07, 6.45) is 4.55. The van der Waals surface area contributed by atoms with Gasteiger partial charge in [0.15, 0.2) is 0 Å². The second kappa shape index (κ2) is 8.24. The minimum atomic E-state index is -2.92. The van der Waals surface area contributed by atoms with Gasteiger partial charge in [0.2, 0.25) is 5.91 Å². The number of likely N-dealkylation sites (N-methyl/N-ethyl adjacent to an activating group) is 1. The van der Waals surface area contributed by atoms with Crippen molar-refractivity contribution in [2.24, 2.45) is 5.92 Å². The van der Waals surface area contributed by atoms with Crippen LogP contribution in [0.1, 0.15) is 32.6 Å². The summed E-state index contributed by atoms with van der Waals surface area (Å²) in [6, 6.07) is 6.62. The Morgan fingerprint density at radius 3 is 2.61 bits per heavy atom. The van der Waals surface area contributed by atoms with Crippen LogP contribution in [0.5, 0.6) is 5.75 Å². The maximum atomic E-state index is 12.4. The molecule has 2 rings (SSSR count). The van der Waals surface area contributed by atoms with Gasteiger partial charge in [-0.25, -0.2) is 0 Å². The first kappa shape index (κ1) is 17.7. The molecular formula is C17H24F2N2O2. The lowest BCUT2D eigenvalue weighted by Crippen LogP contribution is -2.39. The molecule has 1 amide bonds. The van der Waals surface area contributed by atoms with Gasteiger partial charge < -0.3 is 10.1 Å². The Kier molecular flexibility index (Phi) is 6.33. The molecule has 0 heterocycles. The number of halogens is 2. The average molecular weight is 326 g/mol. The van der Waals surface area contributed by atoms with Gasteiger partial charge in [-0.1, -0.05) is 19.1 Å². The van der Waals surface area contributed by atoms with Crippen LogP contribution in [0.15, 0.2) is 24.3 Å². The SMILES string of the molecule is CC1CCC(N(C)CC(=O)Nc2ccccc2OC(F)F)CC1. The molecule has 0 bridgehead atoms. The topological polar surface area (TPSA) is 41.6 Å². The van der Waals surface area contributed by atoms with E-state index in [-0.39, 0.29) is 23.9 Å². The monoisotopic (exact) mass is 326 g/mol. The lowest BCUT2D eigenvalue weighted by molar-refractivity contribution is -0.117. The van der Waals surface area contributed by atoms with Crippen LogP contribution >= 0.6 is 0 Å². The quantitative estimate of drug-likeness (QED) is 0.866. The van der Waals surface area contributed by atoms with Crippen molar-refractivity contribution in [3.05, 3.63) is 24.3 Å². The van der Waals surface area contributed by atoms with E-state index in [1.165, 1.54) is 18.9 Å². The van der Waals surface area contributed by atoms with E-state index in [0.29, 0.717) is 6.04 Å². The second-order valence-electron chi connectivity index (χ2n) is 6.25. The zero-order chi connectivity index (χ0) is 16.8. The maximum Gasteiger partial charge on any atom is 0.387 e.